The lowest BCUT2D eigenvalue weighted by Gasteiger charge is -2.50. The number of amides is 1. The lowest BCUT2D eigenvalue weighted by atomic mass is 9.99. The molecule has 0 aromatic heterocycles. The third-order valence-corrected chi connectivity index (χ3v) is 4.80. The zero-order valence-electron chi connectivity index (χ0n) is 17.0. The summed E-state index contributed by atoms with van der Waals surface area (Å²) < 4.78 is 5.53. The van der Waals surface area contributed by atoms with Crippen LogP contribution in [0, 0.1) is 0 Å². The molecule has 1 aliphatic heterocycles. The third-order valence-electron chi connectivity index (χ3n) is 4.80. The predicted octanol–water partition coefficient (Wildman–Crippen LogP) is 2.17. The number of rotatable bonds is 9. The Morgan fingerprint density at radius 2 is 1.86 bits per heavy atom. The smallest absolute Gasteiger partial charge is 0.317 e. The van der Waals surface area contributed by atoms with Crippen molar-refractivity contribution in [1.82, 2.24) is 10.2 Å². The molecule has 1 heterocycles. The zero-order chi connectivity index (χ0) is 21.6. The van der Waals surface area contributed by atoms with Crippen LogP contribution in [0.25, 0.3) is 0 Å². The molecule has 29 heavy (non-hydrogen) atoms. The number of allylic oxidation sites excluding steroid dienone is 1. The maximum atomic E-state index is 13.1. The number of hydrogen-bond donors (Lipinski definition) is 3. The second-order valence-electron chi connectivity index (χ2n) is 7.35. The van der Waals surface area contributed by atoms with Gasteiger partial charge in [0, 0.05) is 31.4 Å². The molecule has 1 fully saturated rings. The minimum absolute atomic E-state index is 0.137. The van der Waals surface area contributed by atoms with Crippen molar-refractivity contribution in [2.75, 3.05) is 13.1 Å². The van der Waals surface area contributed by atoms with Gasteiger partial charge in [-0.05, 0) is 38.0 Å². The monoisotopic (exact) mass is 404 g/mol. The number of phenols is 1. The number of phenolic OH excluding ortho intramolecular Hbond substituents is 1. The van der Waals surface area contributed by atoms with Crippen molar-refractivity contribution in [3.63, 3.8) is 0 Å². The standard InChI is InChI=1S/C21H28N2O6/c1-4-5-19(27)29-21(10-11-23(21)13-18(25)26)22-20(28)17(14(2)3)12-15-6-8-16(24)9-7-15/h6-9,24H,4-5,10-13H2,1-3H3,(H,22,28)(H,25,26). The molecule has 2 rings (SSSR count). The van der Waals surface area contributed by atoms with Gasteiger partial charge in [0.25, 0.3) is 5.91 Å². The Labute approximate surface area is 170 Å². The van der Waals surface area contributed by atoms with Gasteiger partial charge in [0.15, 0.2) is 0 Å². The molecule has 158 valence electrons. The quantitative estimate of drug-likeness (QED) is 0.328. The maximum Gasteiger partial charge on any atom is 0.317 e. The maximum absolute atomic E-state index is 13.1. The van der Waals surface area contributed by atoms with Gasteiger partial charge in [0.1, 0.15) is 12.3 Å². The van der Waals surface area contributed by atoms with E-state index in [-0.39, 0.29) is 18.7 Å². The van der Waals surface area contributed by atoms with E-state index in [9.17, 15) is 19.5 Å². The number of esters is 1. The van der Waals surface area contributed by atoms with E-state index >= 15 is 0 Å². The molecule has 8 nitrogen and oxygen atoms in total. The molecule has 3 N–H and O–H groups in total. The Hall–Kier alpha value is -2.87. The molecule has 1 unspecified atom stereocenters. The number of benzene rings is 1. The van der Waals surface area contributed by atoms with Crippen molar-refractivity contribution < 1.29 is 29.3 Å². The molecule has 1 saturated heterocycles. The average molecular weight is 404 g/mol. The Balaban J connectivity index is 2.22. The van der Waals surface area contributed by atoms with Crippen molar-refractivity contribution in [2.45, 2.75) is 52.3 Å². The van der Waals surface area contributed by atoms with Gasteiger partial charge >= 0.3 is 11.9 Å². The van der Waals surface area contributed by atoms with Crippen LogP contribution < -0.4 is 5.32 Å². The van der Waals surface area contributed by atoms with E-state index in [0.29, 0.717) is 31.4 Å². The van der Waals surface area contributed by atoms with E-state index in [4.69, 9.17) is 9.84 Å². The number of carboxylic acids is 1. The van der Waals surface area contributed by atoms with Gasteiger partial charge in [-0.1, -0.05) is 24.6 Å². The van der Waals surface area contributed by atoms with Crippen LogP contribution in [0.2, 0.25) is 0 Å². The number of hydrogen-bond acceptors (Lipinski definition) is 6. The van der Waals surface area contributed by atoms with Gasteiger partial charge in [0.05, 0.1) is 0 Å². The van der Waals surface area contributed by atoms with E-state index in [1.165, 1.54) is 4.90 Å². The summed E-state index contributed by atoms with van der Waals surface area (Å²) in [5.41, 5.74) is 2.11. The molecule has 0 bridgehead atoms. The molecule has 1 amide bonds. The summed E-state index contributed by atoms with van der Waals surface area (Å²) in [7, 11) is 0. The van der Waals surface area contributed by atoms with Crippen LogP contribution in [0.3, 0.4) is 0 Å². The number of nitrogens with one attached hydrogen (secondary N) is 1. The molecule has 1 aromatic rings. The van der Waals surface area contributed by atoms with Crippen molar-refractivity contribution in [1.29, 1.82) is 0 Å². The highest BCUT2D eigenvalue weighted by Crippen LogP contribution is 2.31. The lowest BCUT2D eigenvalue weighted by molar-refractivity contribution is -0.233. The first kappa shape index (κ1) is 22.4. The van der Waals surface area contributed by atoms with Gasteiger partial charge in [-0.25, -0.2) is 4.90 Å². The van der Waals surface area contributed by atoms with Crippen LogP contribution in [0.4, 0.5) is 0 Å². The molecule has 1 aliphatic rings. The summed E-state index contributed by atoms with van der Waals surface area (Å²) in [6.07, 6.45) is 1.41. The summed E-state index contributed by atoms with van der Waals surface area (Å²) in [5.74, 6) is -3.28. The first-order chi connectivity index (χ1) is 13.7. The zero-order valence-corrected chi connectivity index (χ0v) is 17.0. The molecule has 0 spiro atoms. The van der Waals surface area contributed by atoms with Crippen LogP contribution in [0.1, 0.15) is 45.6 Å². The Morgan fingerprint density at radius 1 is 1.21 bits per heavy atom. The van der Waals surface area contributed by atoms with Crippen LogP contribution in [-0.2, 0) is 25.5 Å². The number of nitrogens with zero attached hydrogens (tertiary/aromatic N) is 1. The SMILES string of the molecule is CCCC(=O)OC1(NC(=O)C(Cc2ccc(O)cc2)=C(C)C)CCN1CC(=O)O. The molecule has 0 radical (unpaired) electrons. The van der Waals surface area contributed by atoms with E-state index in [1.54, 1.807) is 38.1 Å². The molecule has 8 heteroatoms. The van der Waals surface area contributed by atoms with Crippen LogP contribution in [-0.4, -0.2) is 51.9 Å². The van der Waals surface area contributed by atoms with Crippen molar-refractivity contribution in [3.8, 4) is 5.75 Å². The predicted molar refractivity (Wildman–Crippen MR) is 106 cm³/mol. The Kier molecular flexibility index (Phi) is 7.39. The van der Waals surface area contributed by atoms with E-state index in [0.717, 1.165) is 11.1 Å². The molecular formula is C21H28N2O6. The van der Waals surface area contributed by atoms with E-state index in [1.807, 2.05) is 6.92 Å². The van der Waals surface area contributed by atoms with E-state index < -0.39 is 23.7 Å². The number of ether oxygens (including phenoxy) is 1. The summed E-state index contributed by atoms with van der Waals surface area (Å²) in [4.78, 5) is 37.8. The molecular weight excluding hydrogens is 376 g/mol. The van der Waals surface area contributed by atoms with E-state index in [2.05, 4.69) is 5.32 Å². The minimum atomic E-state index is -1.45. The molecule has 1 atom stereocenters. The fourth-order valence-corrected chi connectivity index (χ4v) is 3.12. The Morgan fingerprint density at radius 3 is 2.34 bits per heavy atom. The molecule has 0 saturated carbocycles. The summed E-state index contributed by atoms with van der Waals surface area (Å²) in [6, 6.07) is 6.54. The first-order valence-electron chi connectivity index (χ1n) is 9.62. The normalized spacial score (nSPS) is 18.4. The average Bonchev–Trinajstić information content (AvgIpc) is 2.64. The molecule has 1 aromatic carbocycles. The van der Waals surface area contributed by atoms with Crippen molar-refractivity contribution in [2.24, 2.45) is 0 Å². The molecule has 0 aliphatic carbocycles. The Bertz CT molecular complexity index is 798. The number of carbonyl (C=O) groups excluding carboxylic acids is 2. The number of carboxylic acid groups (broad SMARTS) is 1. The number of carbonyl (C=O) groups is 3. The summed E-state index contributed by atoms with van der Waals surface area (Å²) >= 11 is 0. The highest BCUT2D eigenvalue weighted by Gasteiger charge is 2.50. The second-order valence-corrected chi connectivity index (χ2v) is 7.35. The number of aliphatic carboxylic acids is 1. The van der Waals surface area contributed by atoms with Gasteiger partial charge in [-0.3, -0.25) is 14.4 Å². The largest absolute Gasteiger partial charge is 0.508 e. The van der Waals surface area contributed by atoms with Crippen LogP contribution >= 0.6 is 0 Å². The second kappa shape index (κ2) is 9.56. The van der Waals surface area contributed by atoms with Crippen molar-refractivity contribution in [3.05, 3.63) is 41.0 Å². The van der Waals surface area contributed by atoms with Gasteiger partial charge < -0.3 is 20.3 Å². The number of aromatic hydroxyl groups is 1. The lowest BCUT2D eigenvalue weighted by Crippen LogP contribution is -2.72. The van der Waals surface area contributed by atoms with Gasteiger partial charge in [-0.15, -0.1) is 0 Å². The first-order valence-corrected chi connectivity index (χ1v) is 9.62. The van der Waals surface area contributed by atoms with Gasteiger partial charge in [0.2, 0.25) is 5.85 Å². The minimum Gasteiger partial charge on any atom is -0.508 e. The summed E-state index contributed by atoms with van der Waals surface area (Å²) in [5, 5.41) is 21.3. The summed E-state index contributed by atoms with van der Waals surface area (Å²) in [6.45, 7) is 5.50. The van der Waals surface area contributed by atoms with Crippen LogP contribution in [0.15, 0.2) is 35.4 Å². The number of likely N-dealkylation sites (tertiary alicyclic amines) is 1. The fourth-order valence-electron chi connectivity index (χ4n) is 3.12. The topological polar surface area (TPSA) is 116 Å². The highest BCUT2D eigenvalue weighted by molar-refractivity contribution is 5.95. The highest BCUT2D eigenvalue weighted by atomic mass is 16.6. The van der Waals surface area contributed by atoms with Gasteiger partial charge in [-0.2, -0.15) is 0 Å². The van der Waals surface area contributed by atoms with Crippen molar-refractivity contribution >= 4 is 17.8 Å². The third kappa shape index (κ3) is 5.80. The van der Waals surface area contributed by atoms with Crippen LogP contribution in [0.5, 0.6) is 5.75 Å². The fraction of sp³-hybridized carbons (Fsp3) is 0.476.